The van der Waals surface area contributed by atoms with Gasteiger partial charge in [0.05, 0.1) is 33.0 Å². The van der Waals surface area contributed by atoms with Gasteiger partial charge in [-0.15, -0.1) is 0 Å². The number of rotatable bonds is 25. The zero-order valence-corrected chi connectivity index (χ0v) is 23.3. The van der Waals surface area contributed by atoms with Crippen LogP contribution in [0.1, 0.15) is 105 Å². The van der Waals surface area contributed by atoms with Gasteiger partial charge in [-0.2, -0.15) is 0 Å². The molecule has 0 aliphatic carbocycles. The molecule has 0 spiro atoms. The maximum atomic E-state index is 13.6. The van der Waals surface area contributed by atoms with E-state index in [4.69, 9.17) is 23.7 Å². The number of hydrogen-bond acceptors (Lipinski definition) is 7. The van der Waals surface area contributed by atoms with Crippen LogP contribution < -0.4 is 0 Å². The molecule has 200 valence electrons. The van der Waals surface area contributed by atoms with E-state index in [-0.39, 0.29) is 6.42 Å². The Hall–Kier alpha value is -0.690. The maximum Gasteiger partial charge on any atom is 0.485 e. The minimum Gasteiger partial charge on any atom is -0.327 e. The molecule has 34 heavy (non-hydrogen) atoms. The molecular weight excluding hydrogens is 455 g/mol. The second-order valence-corrected chi connectivity index (χ2v) is 10.1. The first-order valence-corrected chi connectivity index (χ1v) is 14.5. The third kappa shape index (κ3) is 12.9. The van der Waals surface area contributed by atoms with Gasteiger partial charge >= 0.3 is 18.9 Å². The molecule has 0 heterocycles. The van der Waals surface area contributed by atoms with E-state index in [2.05, 4.69) is 27.4 Å². The molecule has 0 aliphatic rings. The van der Waals surface area contributed by atoms with Gasteiger partial charge < -0.3 is 23.7 Å². The summed E-state index contributed by atoms with van der Waals surface area (Å²) in [6.45, 7) is 15.6. The van der Waals surface area contributed by atoms with Crippen LogP contribution in [0.4, 0.5) is 0 Å². The molecule has 7 nitrogen and oxygen atoms in total. The average Bonchev–Trinajstić information content (AvgIpc) is 2.83. The Morgan fingerprint density at radius 1 is 0.676 bits per heavy atom. The van der Waals surface area contributed by atoms with Gasteiger partial charge in [-0.1, -0.05) is 77.9 Å². The second-order valence-electron chi connectivity index (χ2n) is 8.42. The molecule has 0 fully saturated rings. The van der Waals surface area contributed by atoms with Gasteiger partial charge in [0.15, 0.2) is 0 Å². The van der Waals surface area contributed by atoms with Crippen LogP contribution in [0.15, 0.2) is 12.7 Å². The van der Waals surface area contributed by atoms with E-state index in [1.54, 1.807) is 0 Å². The van der Waals surface area contributed by atoms with Crippen LogP contribution in [0.3, 0.4) is 0 Å². The average molecular weight is 506 g/mol. The standard InChI is InChI=1S/C26H50O7P/c1-7-13-18-29-25(30-19-14-8-2,31-20-15-9-3)23-26(32-21-16-10-4,33-22-17-11-5)34(28)24(27)12-6/h12H,6-11,13-23H2,1-5H3/q+1. The van der Waals surface area contributed by atoms with E-state index in [0.717, 1.165) is 70.3 Å². The summed E-state index contributed by atoms with van der Waals surface area (Å²) in [5.41, 5.74) is -2.34. The van der Waals surface area contributed by atoms with Crippen molar-refractivity contribution < 1.29 is 33.0 Å². The summed E-state index contributed by atoms with van der Waals surface area (Å²) in [7, 11) is -2.63. The summed E-state index contributed by atoms with van der Waals surface area (Å²) >= 11 is 0. The fraction of sp³-hybridized carbons (Fsp3) is 0.885. The Balaban J connectivity index is 6.34. The maximum absolute atomic E-state index is 13.6. The highest BCUT2D eigenvalue weighted by molar-refractivity contribution is 7.65. The Morgan fingerprint density at radius 3 is 1.29 bits per heavy atom. The topological polar surface area (TPSA) is 80.3 Å². The SMILES string of the molecule is C=CC(=O)[P+](=O)C(CC(OCCCC)(OCCCC)OCCCC)(OCCCC)OCCCC. The van der Waals surface area contributed by atoms with E-state index >= 15 is 0 Å². The predicted molar refractivity (Wildman–Crippen MR) is 137 cm³/mol. The molecule has 1 unspecified atom stereocenters. The number of allylic oxidation sites excluding steroid dienone is 1. The molecule has 0 saturated carbocycles. The van der Waals surface area contributed by atoms with Crippen molar-refractivity contribution in [3.63, 3.8) is 0 Å². The van der Waals surface area contributed by atoms with Gasteiger partial charge in [0.2, 0.25) is 0 Å². The van der Waals surface area contributed by atoms with E-state index in [1.807, 2.05) is 13.8 Å². The Kier molecular flexibility index (Phi) is 20.1. The fourth-order valence-corrected chi connectivity index (χ4v) is 4.26. The van der Waals surface area contributed by atoms with Crippen LogP contribution in [-0.4, -0.2) is 50.1 Å². The van der Waals surface area contributed by atoms with Crippen molar-refractivity contribution in [3.8, 4) is 0 Å². The highest BCUT2D eigenvalue weighted by Gasteiger charge is 2.62. The van der Waals surface area contributed by atoms with Crippen LogP contribution in [-0.2, 0) is 33.0 Å². The normalized spacial score (nSPS) is 12.7. The zero-order chi connectivity index (χ0) is 25.7. The Bertz CT molecular complexity index is 517. The lowest BCUT2D eigenvalue weighted by molar-refractivity contribution is -0.404. The highest BCUT2D eigenvalue weighted by atomic mass is 31.1. The van der Waals surface area contributed by atoms with Crippen LogP contribution >= 0.6 is 7.80 Å². The second kappa shape index (κ2) is 20.5. The van der Waals surface area contributed by atoms with Crippen molar-refractivity contribution in [2.24, 2.45) is 0 Å². The number of hydrogen-bond donors (Lipinski definition) is 0. The van der Waals surface area contributed by atoms with Gasteiger partial charge in [-0.3, -0.25) is 0 Å². The lowest BCUT2D eigenvalue weighted by atomic mass is 10.3. The van der Waals surface area contributed by atoms with Crippen molar-refractivity contribution in [1.82, 2.24) is 0 Å². The lowest BCUT2D eigenvalue weighted by Crippen LogP contribution is -2.49. The monoisotopic (exact) mass is 505 g/mol. The predicted octanol–water partition coefficient (Wildman–Crippen LogP) is 7.31. The van der Waals surface area contributed by atoms with E-state index < -0.39 is 24.8 Å². The molecule has 0 radical (unpaired) electrons. The summed E-state index contributed by atoms with van der Waals surface area (Å²) in [4.78, 5) is 12.6. The molecule has 0 N–H and O–H groups in total. The third-order valence-corrected chi connectivity index (χ3v) is 6.85. The van der Waals surface area contributed by atoms with Crippen LogP contribution in [0, 0.1) is 0 Å². The molecule has 8 heteroatoms. The van der Waals surface area contributed by atoms with Gasteiger partial charge in [0, 0.05) is 6.08 Å². The van der Waals surface area contributed by atoms with Gasteiger partial charge in [0.25, 0.3) is 5.97 Å². The molecule has 0 aromatic rings. The molecule has 0 amide bonds. The Labute approximate surface area is 209 Å². The molecule has 0 aromatic heterocycles. The van der Waals surface area contributed by atoms with Crippen molar-refractivity contribution in [2.45, 2.75) is 117 Å². The summed E-state index contributed by atoms with van der Waals surface area (Å²) in [5, 5.41) is 0. The molecule has 0 aromatic carbocycles. The minimum absolute atomic E-state index is 0.126. The summed E-state index contributed by atoms with van der Waals surface area (Å²) in [5.74, 6) is -1.52. The smallest absolute Gasteiger partial charge is 0.327 e. The van der Waals surface area contributed by atoms with E-state index in [9.17, 15) is 9.36 Å². The van der Waals surface area contributed by atoms with Crippen molar-refractivity contribution >= 4 is 13.3 Å². The number of carbonyl (C=O) groups is 1. The van der Waals surface area contributed by atoms with Crippen LogP contribution in [0.5, 0.6) is 0 Å². The van der Waals surface area contributed by atoms with Gasteiger partial charge in [0.1, 0.15) is 6.42 Å². The fourth-order valence-electron chi connectivity index (χ4n) is 3.00. The van der Waals surface area contributed by atoms with Gasteiger partial charge in [-0.05, 0) is 32.1 Å². The van der Waals surface area contributed by atoms with E-state index in [0.29, 0.717) is 33.0 Å². The summed E-state index contributed by atoms with van der Waals surface area (Å²) < 4.78 is 44.6. The lowest BCUT2D eigenvalue weighted by Gasteiger charge is -2.37. The first kappa shape index (κ1) is 33.3. The van der Waals surface area contributed by atoms with Crippen molar-refractivity contribution in [2.75, 3.05) is 33.0 Å². The third-order valence-electron chi connectivity index (χ3n) is 5.23. The highest BCUT2D eigenvalue weighted by Crippen LogP contribution is 2.49. The van der Waals surface area contributed by atoms with Crippen LogP contribution in [0.2, 0.25) is 0 Å². The number of carbonyl (C=O) groups excluding carboxylic acids is 1. The first-order chi connectivity index (χ1) is 16.4. The zero-order valence-electron chi connectivity index (χ0n) is 22.4. The van der Waals surface area contributed by atoms with Crippen molar-refractivity contribution in [3.05, 3.63) is 12.7 Å². The molecule has 0 aliphatic heterocycles. The Morgan fingerprint density at radius 2 is 1.00 bits per heavy atom. The first-order valence-electron chi connectivity index (χ1n) is 13.2. The molecule has 0 saturated heterocycles. The number of unbranched alkanes of at least 4 members (excludes halogenated alkanes) is 5. The quantitative estimate of drug-likeness (QED) is 0.0557. The molecule has 1 atom stereocenters. The van der Waals surface area contributed by atoms with Crippen LogP contribution in [0.25, 0.3) is 0 Å². The van der Waals surface area contributed by atoms with Gasteiger partial charge in [-0.25, -0.2) is 4.79 Å². The molecule has 0 bridgehead atoms. The number of ether oxygens (including phenoxy) is 5. The molecular formula is C26H50O7P+. The summed E-state index contributed by atoms with van der Waals surface area (Å²) in [6, 6.07) is 0. The largest absolute Gasteiger partial charge is 0.485 e. The minimum atomic E-state index is -2.63. The summed E-state index contributed by atoms with van der Waals surface area (Å²) in [6.07, 6.45) is 9.44. The van der Waals surface area contributed by atoms with Crippen molar-refractivity contribution in [1.29, 1.82) is 0 Å². The van der Waals surface area contributed by atoms with E-state index in [1.165, 1.54) is 0 Å². The molecule has 0 rings (SSSR count).